The van der Waals surface area contributed by atoms with Crippen molar-refractivity contribution in [2.24, 2.45) is 0 Å². The van der Waals surface area contributed by atoms with Crippen LogP contribution in [0.25, 0.3) is 0 Å². The molecule has 1 saturated heterocycles. The van der Waals surface area contributed by atoms with Gasteiger partial charge in [-0.3, -0.25) is 9.59 Å². The van der Waals surface area contributed by atoms with E-state index in [2.05, 4.69) is 15.4 Å². The first-order valence-electron chi connectivity index (χ1n) is 7.45. The lowest BCUT2D eigenvalue weighted by atomic mass is 10.1. The maximum absolute atomic E-state index is 11.8. The molecular formula is C14H25N3O4. The Morgan fingerprint density at radius 2 is 1.86 bits per heavy atom. The molecule has 0 unspecified atom stereocenters. The van der Waals surface area contributed by atoms with E-state index in [9.17, 15) is 14.4 Å². The molecule has 21 heavy (non-hydrogen) atoms. The summed E-state index contributed by atoms with van der Waals surface area (Å²) in [5, 5.41) is 5.74. The monoisotopic (exact) mass is 299 g/mol. The van der Waals surface area contributed by atoms with Crippen LogP contribution in [-0.2, 0) is 14.3 Å². The summed E-state index contributed by atoms with van der Waals surface area (Å²) < 4.78 is 4.49. The molecule has 3 amide bonds. The highest BCUT2D eigenvalue weighted by molar-refractivity contribution is 5.81. The van der Waals surface area contributed by atoms with Crippen molar-refractivity contribution in [3.05, 3.63) is 0 Å². The number of carbonyl (C=O) groups is 3. The lowest BCUT2D eigenvalue weighted by molar-refractivity contribution is -0.142. The predicted molar refractivity (Wildman–Crippen MR) is 77.7 cm³/mol. The highest BCUT2D eigenvalue weighted by Gasteiger charge is 2.23. The summed E-state index contributed by atoms with van der Waals surface area (Å²) in [6.07, 6.45) is 2.63. The number of ether oxygens (including phenoxy) is 1. The topological polar surface area (TPSA) is 87.7 Å². The first kappa shape index (κ1) is 17.3. The van der Waals surface area contributed by atoms with Crippen LogP contribution in [0.5, 0.6) is 0 Å². The first-order chi connectivity index (χ1) is 10.1. The second-order valence-electron chi connectivity index (χ2n) is 5.14. The van der Waals surface area contributed by atoms with E-state index in [0.29, 0.717) is 19.6 Å². The van der Waals surface area contributed by atoms with E-state index in [1.807, 2.05) is 6.92 Å². The number of piperidine rings is 1. The number of hydrogen-bond donors (Lipinski definition) is 2. The number of nitrogens with one attached hydrogen (secondary N) is 2. The second-order valence-corrected chi connectivity index (χ2v) is 5.14. The SMILES string of the molecule is CCCNC(=O)N1CCC(NC(=O)CCC(=O)OC)CC1. The van der Waals surface area contributed by atoms with E-state index >= 15 is 0 Å². The molecule has 1 rings (SSSR count). The van der Waals surface area contributed by atoms with Crippen molar-refractivity contribution < 1.29 is 19.1 Å². The van der Waals surface area contributed by atoms with Gasteiger partial charge in [0.15, 0.2) is 0 Å². The minimum Gasteiger partial charge on any atom is -0.469 e. The molecule has 7 heteroatoms. The number of nitrogens with zero attached hydrogens (tertiary/aromatic N) is 1. The molecule has 0 aromatic heterocycles. The van der Waals surface area contributed by atoms with E-state index in [-0.39, 0.29) is 36.8 Å². The van der Waals surface area contributed by atoms with E-state index in [0.717, 1.165) is 19.3 Å². The van der Waals surface area contributed by atoms with Crippen molar-refractivity contribution in [3.8, 4) is 0 Å². The van der Waals surface area contributed by atoms with Gasteiger partial charge in [0, 0.05) is 32.1 Å². The summed E-state index contributed by atoms with van der Waals surface area (Å²) in [5.41, 5.74) is 0. The molecule has 7 nitrogen and oxygen atoms in total. The summed E-state index contributed by atoms with van der Waals surface area (Å²) in [7, 11) is 1.31. The fraction of sp³-hybridized carbons (Fsp3) is 0.786. The van der Waals surface area contributed by atoms with Crippen LogP contribution in [0.2, 0.25) is 0 Å². The van der Waals surface area contributed by atoms with Crippen LogP contribution in [0.1, 0.15) is 39.0 Å². The van der Waals surface area contributed by atoms with Gasteiger partial charge in [-0.05, 0) is 19.3 Å². The second kappa shape index (κ2) is 9.20. The molecule has 0 saturated carbocycles. The molecule has 1 heterocycles. The Bertz CT molecular complexity index is 365. The fourth-order valence-corrected chi connectivity index (χ4v) is 2.19. The van der Waals surface area contributed by atoms with Gasteiger partial charge in [0.2, 0.25) is 5.91 Å². The molecule has 0 radical (unpaired) electrons. The number of rotatable bonds is 6. The molecule has 0 aliphatic carbocycles. The predicted octanol–water partition coefficient (Wildman–Crippen LogP) is 0.640. The van der Waals surface area contributed by atoms with Gasteiger partial charge in [0.25, 0.3) is 0 Å². The molecule has 1 aliphatic heterocycles. The van der Waals surface area contributed by atoms with Crippen LogP contribution >= 0.6 is 0 Å². The minimum absolute atomic E-state index is 0.0349. The zero-order chi connectivity index (χ0) is 15.7. The van der Waals surface area contributed by atoms with Crippen LogP contribution in [0.3, 0.4) is 0 Å². The van der Waals surface area contributed by atoms with Gasteiger partial charge in [0.1, 0.15) is 0 Å². The summed E-state index contributed by atoms with van der Waals surface area (Å²) in [4.78, 5) is 36.2. The zero-order valence-corrected chi connectivity index (χ0v) is 12.8. The maximum Gasteiger partial charge on any atom is 0.317 e. The lowest BCUT2D eigenvalue weighted by Crippen LogP contribution is -2.49. The maximum atomic E-state index is 11.8. The van der Waals surface area contributed by atoms with Gasteiger partial charge in [-0.1, -0.05) is 6.92 Å². The Morgan fingerprint density at radius 3 is 2.43 bits per heavy atom. The Labute approximate surface area is 125 Å². The van der Waals surface area contributed by atoms with Crippen LogP contribution in [-0.4, -0.2) is 55.6 Å². The Balaban J connectivity index is 2.22. The number of likely N-dealkylation sites (tertiary alicyclic amines) is 1. The molecule has 0 spiro atoms. The summed E-state index contributed by atoms with van der Waals surface area (Å²) in [6.45, 7) is 3.97. The van der Waals surface area contributed by atoms with Gasteiger partial charge < -0.3 is 20.3 Å². The van der Waals surface area contributed by atoms with E-state index in [4.69, 9.17) is 0 Å². The van der Waals surface area contributed by atoms with Gasteiger partial charge in [-0.15, -0.1) is 0 Å². The largest absolute Gasteiger partial charge is 0.469 e. The first-order valence-corrected chi connectivity index (χ1v) is 7.45. The number of hydrogen-bond acceptors (Lipinski definition) is 4. The Hall–Kier alpha value is -1.79. The molecule has 1 aliphatic rings. The highest BCUT2D eigenvalue weighted by Crippen LogP contribution is 2.10. The smallest absolute Gasteiger partial charge is 0.317 e. The number of esters is 1. The standard InChI is InChI=1S/C14H25N3O4/c1-3-8-15-14(20)17-9-6-11(7-10-17)16-12(18)4-5-13(19)21-2/h11H,3-10H2,1-2H3,(H,15,20)(H,16,18). The van der Waals surface area contributed by atoms with Crippen molar-refractivity contribution in [2.45, 2.75) is 45.1 Å². The molecule has 0 bridgehead atoms. The summed E-state index contributed by atoms with van der Waals surface area (Å²) in [5.74, 6) is -0.526. The molecule has 0 aromatic rings. The Kier molecular flexibility index (Phi) is 7.56. The quantitative estimate of drug-likeness (QED) is 0.705. The number of amides is 3. The number of urea groups is 1. The lowest BCUT2D eigenvalue weighted by Gasteiger charge is -2.32. The van der Waals surface area contributed by atoms with Crippen LogP contribution in [0.15, 0.2) is 0 Å². The molecule has 2 N–H and O–H groups in total. The summed E-state index contributed by atoms with van der Waals surface area (Å²) >= 11 is 0. The molecule has 0 aromatic carbocycles. The van der Waals surface area contributed by atoms with Crippen molar-refractivity contribution in [3.63, 3.8) is 0 Å². The van der Waals surface area contributed by atoms with Crippen molar-refractivity contribution in [1.29, 1.82) is 0 Å². The van der Waals surface area contributed by atoms with Gasteiger partial charge in [-0.25, -0.2) is 4.79 Å². The number of carbonyl (C=O) groups excluding carboxylic acids is 3. The average molecular weight is 299 g/mol. The van der Waals surface area contributed by atoms with E-state index in [1.165, 1.54) is 7.11 Å². The normalized spacial score (nSPS) is 15.4. The van der Waals surface area contributed by atoms with Crippen LogP contribution in [0.4, 0.5) is 4.79 Å². The third-order valence-electron chi connectivity index (χ3n) is 3.46. The molecule has 0 atom stereocenters. The van der Waals surface area contributed by atoms with E-state index < -0.39 is 0 Å². The van der Waals surface area contributed by atoms with Gasteiger partial charge >= 0.3 is 12.0 Å². The summed E-state index contributed by atoms with van der Waals surface area (Å²) in [6, 6.07) is 0.0395. The fourth-order valence-electron chi connectivity index (χ4n) is 2.19. The van der Waals surface area contributed by atoms with Crippen LogP contribution < -0.4 is 10.6 Å². The average Bonchev–Trinajstić information content (AvgIpc) is 2.50. The van der Waals surface area contributed by atoms with Gasteiger partial charge in [-0.2, -0.15) is 0 Å². The van der Waals surface area contributed by atoms with E-state index in [1.54, 1.807) is 4.90 Å². The molecule has 1 fully saturated rings. The molecular weight excluding hydrogens is 274 g/mol. The van der Waals surface area contributed by atoms with Gasteiger partial charge in [0.05, 0.1) is 13.5 Å². The third-order valence-corrected chi connectivity index (χ3v) is 3.46. The minimum atomic E-state index is -0.382. The van der Waals surface area contributed by atoms with Crippen molar-refractivity contribution in [2.75, 3.05) is 26.7 Å². The Morgan fingerprint density at radius 1 is 1.19 bits per heavy atom. The van der Waals surface area contributed by atoms with Crippen molar-refractivity contribution in [1.82, 2.24) is 15.5 Å². The van der Waals surface area contributed by atoms with Crippen LogP contribution in [0, 0.1) is 0 Å². The zero-order valence-electron chi connectivity index (χ0n) is 12.8. The van der Waals surface area contributed by atoms with Crippen molar-refractivity contribution >= 4 is 17.9 Å². The third kappa shape index (κ3) is 6.46. The molecule has 120 valence electrons. The highest BCUT2D eigenvalue weighted by atomic mass is 16.5. The number of methoxy groups -OCH3 is 1.